The summed E-state index contributed by atoms with van der Waals surface area (Å²) in [4.78, 5) is 25.6. The number of rotatable bonds is 2. The highest BCUT2D eigenvalue weighted by Crippen LogP contribution is 2.33. The summed E-state index contributed by atoms with van der Waals surface area (Å²) in [6, 6.07) is 3.52. The van der Waals surface area contributed by atoms with Crippen molar-refractivity contribution in [2.45, 2.75) is 19.6 Å². The van der Waals surface area contributed by atoms with Crippen LogP contribution in [-0.2, 0) is 12.7 Å². The molecular formula is C13H10F4N2O2. The van der Waals surface area contributed by atoms with Crippen LogP contribution < -0.4 is 11.2 Å². The molecule has 0 aliphatic rings. The normalized spacial score (nSPS) is 11.7. The van der Waals surface area contributed by atoms with Gasteiger partial charge in [0, 0.05) is 17.3 Å². The fourth-order valence-electron chi connectivity index (χ4n) is 1.93. The quantitative estimate of drug-likeness (QED) is 0.863. The SMILES string of the molecule is Cc1cc(=O)n(Cc2c(F)cccc2C(F)(F)F)c(=O)[nH]1. The Labute approximate surface area is 115 Å². The van der Waals surface area contributed by atoms with Crippen LogP contribution in [0.25, 0.3) is 0 Å². The number of hydrogen-bond donors (Lipinski definition) is 1. The average molecular weight is 302 g/mol. The van der Waals surface area contributed by atoms with Crippen molar-refractivity contribution >= 4 is 0 Å². The molecule has 0 bridgehead atoms. The zero-order valence-corrected chi connectivity index (χ0v) is 10.8. The molecular weight excluding hydrogens is 292 g/mol. The van der Waals surface area contributed by atoms with Gasteiger partial charge in [0.25, 0.3) is 5.56 Å². The number of aromatic nitrogens is 2. The predicted octanol–water partition coefficient (Wildman–Crippen LogP) is 2.05. The molecule has 0 aliphatic carbocycles. The van der Waals surface area contributed by atoms with Crippen LogP contribution >= 0.6 is 0 Å². The molecule has 0 amide bonds. The number of alkyl halides is 3. The number of hydrogen-bond acceptors (Lipinski definition) is 2. The topological polar surface area (TPSA) is 54.9 Å². The van der Waals surface area contributed by atoms with E-state index in [2.05, 4.69) is 4.98 Å². The molecule has 0 aliphatic heterocycles. The fourth-order valence-corrected chi connectivity index (χ4v) is 1.93. The predicted molar refractivity (Wildman–Crippen MR) is 66.6 cm³/mol. The lowest BCUT2D eigenvalue weighted by Crippen LogP contribution is -2.36. The number of nitrogens with zero attached hydrogens (tertiary/aromatic N) is 1. The van der Waals surface area contributed by atoms with Crippen molar-refractivity contribution in [3.05, 3.63) is 67.7 Å². The van der Waals surface area contributed by atoms with Crippen molar-refractivity contribution in [2.24, 2.45) is 0 Å². The van der Waals surface area contributed by atoms with Crippen molar-refractivity contribution in [2.75, 3.05) is 0 Å². The molecule has 0 unspecified atom stereocenters. The fraction of sp³-hybridized carbons (Fsp3) is 0.231. The summed E-state index contributed by atoms with van der Waals surface area (Å²) in [5, 5.41) is 0. The van der Waals surface area contributed by atoms with E-state index in [1.54, 1.807) is 0 Å². The highest BCUT2D eigenvalue weighted by Gasteiger charge is 2.34. The molecule has 4 nitrogen and oxygen atoms in total. The van der Waals surface area contributed by atoms with E-state index in [-0.39, 0.29) is 5.69 Å². The lowest BCUT2D eigenvalue weighted by Gasteiger charge is -2.14. The third-order valence-electron chi connectivity index (χ3n) is 2.90. The molecule has 21 heavy (non-hydrogen) atoms. The van der Waals surface area contributed by atoms with E-state index < -0.39 is 40.9 Å². The standard InChI is InChI=1S/C13H10F4N2O2/c1-7-5-11(20)19(12(21)18-7)6-8-9(13(15,16)17)3-2-4-10(8)14/h2-5H,6H2,1H3,(H,18,21). The highest BCUT2D eigenvalue weighted by molar-refractivity contribution is 5.31. The van der Waals surface area contributed by atoms with Gasteiger partial charge in [-0.25, -0.2) is 9.18 Å². The molecule has 1 N–H and O–H groups in total. The third-order valence-corrected chi connectivity index (χ3v) is 2.90. The monoisotopic (exact) mass is 302 g/mol. The van der Waals surface area contributed by atoms with Gasteiger partial charge in [-0.05, 0) is 19.1 Å². The molecule has 2 aromatic rings. The summed E-state index contributed by atoms with van der Waals surface area (Å²) >= 11 is 0. The van der Waals surface area contributed by atoms with Crippen LogP contribution in [-0.4, -0.2) is 9.55 Å². The van der Waals surface area contributed by atoms with Gasteiger partial charge in [0.05, 0.1) is 12.1 Å². The Balaban J connectivity index is 2.61. The molecule has 112 valence electrons. The Kier molecular flexibility index (Phi) is 3.71. The van der Waals surface area contributed by atoms with E-state index in [1.165, 1.54) is 6.92 Å². The van der Waals surface area contributed by atoms with E-state index in [4.69, 9.17) is 0 Å². The van der Waals surface area contributed by atoms with Crippen molar-refractivity contribution in [3.63, 3.8) is 0 Å². The van der Waals surface area contributed by atoms with E-state index in [0.717, 1.165) is 18.2 Å². The minimum absolute atomic E-state index is 0.269. The van der Waals surface area contributed by atoms with E-state index >= 15 is 0 Å². The Morgan fingerprint density at radius 2 is 1.90 bits per heavy atom. The van der Waals surface area contributed by atoms with E-state index in [9.17, 15) is 27.2 Å². The summed E-state index contributed by atoms with van der Waals surface area (Å²) in [7, 11) is 0. The molecule has 0 saturated carbocycles. The lowest BCUT2D eigenvalue weighted by molar-refractivity contribution is -0.138. The molecule has 1 heterocycles. The summed E-state index contributed by atoms with van der Waals surface area (Å²) < 4.78 is 52.8. The second-order valence-corrected chi connectivity index (χ2v) is 4.45. The zero-order chi connectivity index (χ0) is 15.8. The minimum atomic E-state index is -4.78. The van der Waals surface area contributed by atoms with Gasteiger partial charge in [-0.2, -0.15) is 13.2 Å². The number of halogens is 4. The molecule has 0 fully saturated rings. The van der Waals surface area contributed by atoms with Gasteiger partial charge in [-0.15, -0.1) is 0 Å². The van der Waals surface area contributed by atoms with Crippen LogP contribution in [0.1, 0.15) is 16.8 Å². The average Bonchev–Trinajstić information content (AvgIpc) is 2.33. The molecule has 1 aromatic heterocycles. The highest BCUT2D eigenvalue weighted by atomic mass is 19.4. The zero-order valence-electron chi connectivity index (χ0n) is 10.8. The van der Waals surface area contributed by atoms with Gasteiger partial charge in [-0.3, -0.25) is 9.36 Å². The van der Waals surface area contributed by atoms with Gasteiger partial charge in [0.1, 0.15) is 5.82 Å². The number of H-pyrrole nitrogens is 1. The molecule has 0 spiro atoms. The maximum Gasteiger partial charge on any atom is 0.416 e. The summed E-state index contributed by atoms with van der Waals surface area (Å²) in [5.41, 5.74) is -3.38. The van der Waals surface area contributed by atoms with Gasteiger partial charge in [0.15, 0.2) is 0 Å². The van der Waals surface area contributed by atoms with Crippen molar-refractivity contribution in [3.8, 4) is 0 Å². The maximum absolute atomic E-state index is 13.7. The van der Waals surface area contributed by atoms with Gasteiger partial charge < -0.3 is 4.98 Å². The number of aryl methyl sites for hydroxylation is 1. The molecule has 8 heteroatoms. The number of benzene rings is 1. The van der Waals surface area contributed by atoms with Gasteiger partial charge >= 0.3 is 11.9 Å². The van der Waals surface area contributed by atoms with Gasteiger partial charge in [0.2, 0.25) is 0 Å². The summed E-state index contributed by atoms with van der Waals surface area (Å²) in [6.45, 7) is 0.660. The van der Waals surface area contributed by atoms with Gasteiger partial charge in [-0.1, -0.05) is 6.07 Å². The molecule has 0 atom stereocenters. The summed E-state index contributed by atoms with van der Waals surface area (Å²) in [5.74, 6) is -1.13. The second-order valence-electron chi connectivity index (χ2n) is 4.45. The first kappa shape index (κ1) is 15.0. The Morgan fingerprint density at radius 3 is 2.48 bits per heavy atom. The van der Waals surface area contributed by atoms with Crippen LogP contribution in [0.2, 0.25) is 0 Å². The maximum atomic E-state index is 13.7. The summed E-state index contributed by atoms with van der Waals surface area (Å²) in [6.07, 6.45) is -4.78. The molecule has 1 aromatic carbocycles. The third kappa shape index (κ3) is 3.04. The first-order valence-corrected chi connectivity index (χ1v) is 5.85. The van der Waals surface area contributed by atoms with Crippen LogP contribution in [0.3, 0.4) is 0 Å². The van der Waals surface area contributed by atoms with E-state index in [1.807, 2.05) is 0 Å². The first-order chi connectivity index (χ1) is 9.70. The van der Waals surface area contributed by atoms with Crippen LogP contribution in [0.15, 0.2) is 33.9 Å². The smallest absolute Gasteiger partial charge is 0.311 e. The first-order valence-electron chi connectivity index (χ1n) is 5.85. The molecule has 0 saturated heterocycles. The molecule has 0 radical (unpaired) electrons. The van der Waals surface area contributed by atoms with Crippen molar-refractivity contribution in [1.29, 1.82) is 0 Å². The van der Waals surface area contributed by atoms with Crippen LogP contribution in [0, 0.1) is 12.7 Å². The Morgan fingerprint density at radius 1 is 1.24 bits per heavy atom. The largest absolute Gasteiger partial charge is 0.416 e. The number of aromatic amines is 1. The Bertz CT molecular complexity index is 759. The van der Waals surface area contributed by atoms with Crippen molar-refractivity contribution < 1.29 is 17.6 Å². The van der Waals surface area contributed by atoms with Crippen LogP contribution in [0.4, 0.5) is 17.6 Å². The van der Waals surface area contributed by atoms with Crippen LogP contribution in [0.5, 0.6) is 0 Å². The number of nitrogens with one attached hydrogen (secondary N) is 1. The Hall–Kier alpha value is -2.38. The van der Waals surface area contributed by atoms with Crippen molar-refractivity contribution in [1.82, 2.24) is 9.55 Å². The lowest BCUT2D eigenvalue weighted by atomic mass is 10.1. The van der Waals surface area contributed by atoms with E-state index in [0.29, 0.717) is 10.6 Å². The minimum Gasteiger partial charge on any atom is -0.311 e. The second kappa shape index (κ2) is 5.19. The molecule has 2 rings (SSSR count).